The van der Waals surface area contributed by atoms with E-state index in [2.05, 4.69) is 13.8 Å². The van der Waals surface area contributed by atoms with Gasteiger partial charge in [-0.1, -0.05) is 0 Å². The Labute approximate surface area is 114 Å². The predicted molar refractivity (Wildman–Crippen MR) is 74.9 cm³/mol. The lowest BCUT2D eigenvalue weighted by Gasteiger charge is -2.05. The second kappa shape index (κ2) is 3.73. The van der Waals surface area contributed by atoms with E-state index in [1.54, 1.807) is 12.3 Å². The Kier molecular flexibility index (Phi) is 2.19. The van der Waals surface area contributed by atoms with E-state index in [0.29, 0.717) is 12.0 Å². The minimum Gasteiger partial charge on any atom is -0.464 e. The van der Waals surface area contributed by atoms with Crippen molar-refractivity contribution in [1.29, 1.82) is 0 Å². The molecular formula is C16H14O4. The van der Waals surface area contributed by atoms with E-state index in [0.717, 1.165) is 21.9 Å². The van der Waals surface area contributed by atoms with Crippen LogP contribution in [0, 0.1) is 0 Å². The number of ether oxygens (including phenoxy) is 1. The van der Waals surface area contributed by atoms with Crippen LogP contribution >= 0.6 is 0 Å². The van der Waals surface area contributed by atoms with Crippen LogP contribution in [0.2, 0.25) is 0 Å². The molecule has 2 aromatic heterocycles. The van der Waals surface area contributed by atoms with Crippen molar-refractivity contribution in [3.05, 3.63) is 46.5 Å². The van der Waals surface area contributed by atoms with E-state index in [4.69, 9.17) is 13.6 Å². The van der Waals surface area contributed by atoms with Crippen molar-refractivity contribution in [2.24, 2.45) is 0 Å². The lowest BCUT2D eigenvalue weighted by Crippen LogP contribution is -2.07. The first kappa shape index (κ1) is 11.7. The van der Waals surface area contributed by atoms with Crippen LogP contribution in [-0.2, 0) is 11.2 Å². The number of fused-ring (bicyclic) bond motifs is 2. The molecule has 3 heterocycles. The van der Waals surface area contributed by atoms with E-state index < -0.39 is 0 Å². The third-order valence-electron chi connectivity index (χ3n) is 3.97. The number of epoxide rings is 1. The molecule has 4 rings (SSSR count). The van der Waals surface area contributed by atoms with Gasteiger partial charge in [0.25, 0.3) is 0 Å². The summed E-state index contributed by atoms with van der Waals surface area (Å²) >= 11 is 0. The van der Waals surface area contributed by atoms with Crippen LogP contribution in [0.3, 0.4) is 0 Å². The molecule has 1 saturated heterocycles. The maximum atomic E-state index is 11.5. The molecule has 1 aliphatic heterocycles. The molecule has 1 aliphatic rings. The molecule has 20 heavy (non-hydrogen) atoms. The Morgan fingerprint density at radius 1 is 1.15 bits per heavy atom. The number of rotatable bonds is 2. The molecule has 4 nitrogen and oxygen atoms in total. The third-order valence-corrected chi connectivity index (χ3v) is 3.97. The summed E-state index contributed by atoms with van der Waals surface area (Å²) in [7, 11) is 0. The third kappa shape index (κ3) is 1.68. The van der Waals surface area contributed by atoms with Crippen molar-refractivity contribution >= 4 is 21.9 Å². The second-order valence-corrected chi connectivity index (χ2v) is 5.78. The Morgan fingerprint density at radius 2 is 1.90 bits per heavy atom. The number of benzene rings is 1. The molecule has 0 saturated carbocycles. The smallest absolute Gasteiger partial charge is 0.336 e. The summed E-state index contributed by atoms with van der Waals surface area (Å²) in [6.07, 6.45) is 2.47. The van der Waals surface area contributed by atoms with E-state index in [1.165, 1.54) is 6.07 Å². The van der Waals surface area contributed by atoms with Gasteiger partial charge in [-0.05, 0) is 32.0 Å². The average Bonchev–Trinajstić information content (AvgIpc) is 2.82. The number of hydrogen-bond donors (Lipinski definition) is 0. The molecule has 0 bridgehead atoms. The molecule has 0 N–H and O–H groups in total. The molecule has 1 atom stereocenters. The molecule has 0 unspecified atom stereocenters. The van der Waals surface area contributed by atoms with Gasteiger partial charge < -0.3 is 13.6 Å². The van der Waals surface area contributed by atoms with Gasteiger partial charge in [0, 0.05) is 28.8 Å². The first-order chi connectivity index (χ1) is 9.54. The van der Waals surface area contributed by atoms with Crippen LogP contribution in [0.15, 0.2) is 44.2 Å². The van der Waals surface area contributed by atoms with Crippen LogP contribution in [0.5, 0.6) is 0 Å². The maximum absolute atomic E-state index is 11.5. The Balaban J connectivity index is 1.99. The monoisotopic (exact) mass is 270 g/mol. The highest BCUT2D eigenvalue weighted by molar-refractivity contribution is 5.97. The summed E-state index contributed by atoms with van der Waals surface area (Å²) in [6.45, 7) is 4.11. The lowest BCUT2D eigenvalue weighted by atomic mass is 9.99. The van der Waals surface area contributed by atoms with Crippen molar-refractivity contribution in [3.63, 3.8) is 0 Å². The Bertz CT molecular complexity index is 869. The Hall–Kier alpha value is -2.07. The summed E-state index contributed by atoms with van der Waals surface area (Å²) < 4.78 is 16.6. The summed E-state index contributed by atoms with van der Waals surface area (Å²) in [5, 5.41) is 1.92. The van der Waals surface area contributed by atoms with E-state index in [9.17, 15) is 4.79 Å². The van der Waals surface area contributed by atoms with Crippen LogP contribution < -0.4 is 5.63 Å². The lowest BCUT2D eigenvalue weighted by molar-refractivity contribution is 0.323. The average molecular weight is 270 g/mol. The molecule has 1 fully saturated rings. The van der Waals surface area contributed by atoms with Gasteiger partial charge in [-0.3, -0.25) is 0 Å². The van der Waals surface area contributed by atoms with Crippen LogP contribution in [0.1, 0.15) is 19.4 Å². The Morgan fingerprint density at radius 3 is 2.65 bits per heavy atom. The van der Waals surface area contributed by atoms with Gasteiger partial charge in [-0.25, -0.2) is 4.79 Å². The van der Waals surface area contributed by atoms with Crippen molar-refractivity contribution in [2.75, 3.05) is 0 Å². The zero-order chi connectivity index (χ0) is 13.9. The van der Waals surface area contributed by atoms with Gasteiger partial charge >= 0.3 is 5.63 Å². The highest BCUT2D eigenvalue weighted by Gasteiger charge is 2.48. The first-order valence-corrected chi connectivity index (χ1v) is 6.65. The van der Waals surface area contributed by atoms with Gasteiger partial charge in [0.05, 0.1) is 18.0 Å². The SMILES string of the molecule is CC1(C)O[C@H]1Cc1c2occc2cc2ccc(=O)oc12. The highest BCUT2D eigenvalue weighted by atomic mass is 16.6. The molecule has 1 aromatic carbocycles. The van der Waals surface area contributed by atoms with E-state index in [1.807, 2.05) is 12.1 Å². The molecule has 0 spiro atoms. The molecule has 4 heteroatoms. The van der Waals surface area contributed by atoms with Gasteiger partial charge in [0.2, 0.25) is 0 Å². The standard InChI is InChI=1S/C16H14O4/c1-16(2)12(20-16)8-11-14-10(5-6-18-14)7-9-3-4-13(17)19-15(9)11/h3-7,12H,8H2,1-2H3/t12-/m0/s1. The molecule has 0 amide bonds. The summed E-state index contributed by atoms with van der Waals surface area (Å²) in [5.41, 5.74) is 1.83. The topological polar surface area (TPSA) is 55.9 Å². The molecule has 3 aromatic rings. The first-order valence-electron chi connectivity index (χ1n) is 6.65. The fourth-order valence-electron chi connectivity index (χ4n) is 2.72. The fraction of sp³-hybridized carbons (Fsp3) is 0.312. The summed E-state index contributed by atoms with van der Waals surface area (Å²) in [5.74, 6) is 0. The van der Waals surface area contributed by atoms with E-state index >= 15 is 0 Å². The predicted octanol–water partition coefficient (Wildman–Crippen LogP) is 3.26. The summed E-state index contributed by atoms with van der Waals surface area (Å²) in [6, 6.07) is 7.12. The molecule has 0 radical (unpaired) electrons. The van der Waals surface area contributed by atoms with Crippen molar-refractivity contribution in [2.45, 2.75) is 32.0 Å². The van der Waals surface area contributed by atoms with Crippen LogP contribution in [0.25, 0.3) is 21.9 Å². The van der Waals surface area contributed by atoms with Crippen molar-refractivity contribution in [1.82, 2.24) is 0 Å². The normalized spacial score (nSPS) is 20.6. The second-order valence-electron chi connectivity index (χ2n) is 5.78. The van der Waals surface area contributed by atoms with Crippen LogP contribution in [0.4, 0.5) is 0 Å². The number of hydrogen-bond acceptors (Lipinski definition) is 4. The fourth-order valence-corrected chi connectivity index (χ4v) is 2.72. The largest absolute Gasteiger partial charge is 0.464 e. The van der Waals surface area contributed by atoms with E-state index in [-0.39, 0.29) is 17.3 Å². The highest BCUT2D eigenvalue weighted by Crippen LogP contribution is 2.40. The molecule has 0 aliphatic carbocycles. The van der Waals surface area contributed by atoms with Gasteiger partial charge in [0.15, 0.2) is 0 Å². The minimum absolute atomic E-state index is 0.115. The quantitative estimate of drug-likeness (QED) is 0.530. The van der Waals surface area contributed by atoms with Crippen LogP contribution in [-0.4, -0.2) is 11.7 Å². The minimum atomic E-state index is -0.347. The molecular weight excluding hydrogens is 256 g/mol. The zero-order valence-electron chi connectivity index (χ0n) is 11.3. The van der Waals surface area contributed by atoms with Gasteiger partial charge in [-0.2, -0.15) is 0 Å². The van der Waals surface area contributed by atoms with Crippen molar-refractivity contribution in [3.8, 4) is 0 Å². The van der Waals surface area contributed by atoms with Gasteiger partial charge in [0.1, 0.15) is 11.2 Å². The van der Waals surface area contributed by atoms with Gasteiger partial charge in [-0.15, -0.1) is 0 Å². The number of furan rings is 1. The van der Waals surface area contributed by atoms with Crippen molar-refractivity contribution < 1.29 is 13.6 Å². The molecule has 102 valence electrons. The maximum Gasteiger partial charge on any atom is 0.336 e. The summed E-state index contributed by atoms with van der Waals surface area (Å²) in [4.78, 5) is 11.5. The zero-order valence-corrected chi connectivity index (χ0v) is 11.3.